The second-order valence-corrected chi connectivity index (χ2v) is 8.96. The van der Waals surface area contributed by atoms with E-state index in [2.05, 4.69) is 4.72 Å². The van der Waals surface area contributed by atoms with Crippen LogP contribution in [0.15, 0.2) is 40.1 Å². The maximum absolute atomic E-state index is 13.6. The normalized spacial score (nSPS) is 17.0. The van der Waals surface area contributed by atoms with E-state index in [1.165, 1.54) is 18.2 Å². The highest BCUT2D eigenvalue weighted by atomic mass is 32.2. The number of rotatable bonds is 4. The Bertz CT molecular complexity index is 992. The lowest BCUT2D eigenvalue weighted by Crippen LogP contribution is -2.31. The van der Waals surface area contributed by atoms with Gasteiger partial charge in [-0.25, -0.2) is 17.5 Å². The number of halogens is 1. The lowest BCUT2D eigenvalue weighted by Gasteiger charge is -2.26. The second-order valence-electron chi connectivity index (χ2n) is 6.14. The van der Waals surface area contributed by atoms with Crippen LogP contribution in [0.2, 0.25) is 0 Å². The summed E-state index contributed by atoms with van der Waals surface area (Å²) in [7, 11) is -4.01. The molecule has 1 aliphatic rings. The molecule has 0 spiro atoms. The molecule has 2 aromatic rings. The first-order chi connectivity index (χ1) is 12.2. The highest BCUT2D eigenvalue weighted by Gasteiger charge is 2.29. The van der Waals surface area contributed by atoms with Crippen LogP contribution in [0.5, 0.6) is 0 Å². The standard InChI is InChI=1S/C17H17FN2O4S2/c1-10-7-13(20(21)22)9-17(11(10)2)26(23,24)19-15-5-6-25-16-4-3-12(18)8-14(15)16/h3-4,7-9,15,19H,5-6H2,1-2H3/t15-/m0/s1. The summed E-state index contributed by atoms with van der Waals surface area (Å²) in [5.74, 6) is 0.261. The third-order valence-electron chi connectivity index (χ3n) is 4.41. The van der Waals surface area contributed by atoms with E-state index in [0.717, 1.165) is 11.0 Å². The van der Waals surface area contributed by atoms with Crippen molar-refractivity contribution in [3.05, 3.63) is 63.0 Å². The minimum Gasteiger partial charge on any atom is -0.258 e. The van der Waals surface area contributed by atoms with Crippen molar-refractivity contribution in [1.82, 2.24) is 4.72 Å². The van der Waals surface area contributed by atoms with Crippen LogP contribution in [0.4, 0.5) is 10.1 Å². The van der Waals surface area contributed by atoms with Gasteiger partial charge in [-0.1, -0.05) is 0 Å². The summed E-state index contributed by atoms with van der Waals surface area (Å²) in [6, 6.07) is 6.14. The number of nitro benzene ring substituents is 1. The monoisotopic (exact) mass is 396 g/mol. The summed E-state index contributed by atoms with van der Waals surface area (Å²) in [4.78, 5) is 11.2. The molecule has 1 aliphatic heterocycles. The average Bonchev–Trinajstić information content (AvgIpc) is 2.57. The van der Waals surface area contributed by atoms with E-state index in [0.29, 0.717) is 28.9 Å². The molecule has 6 nitrogen and oxygen atoms in total. The fraction of sp³-hybridized carbons (Fsp3) is 0.294. The van der Waals surface area contributed by atoms with Gasteiger partial charge in [0.25, 0.3) is 5.69 Å². The van der Waals surface area contributed by atoms with E-state index in [-0.39, 0.29) is 10.6 Å². The molecule has 2 aromatic carbocycles. The Kier molecular flexibility index (Phi) is 5.05. The van der Waals surface area contributed by atoms with Crippen molar-refractivity contribution in [2.75, 3.05) is 5.75 Å². The molecule has 3 rings (SSSR count). The van der Waals surface area contributed by atoms with Gasteiger partial charge >= 0.3 is 0 Å². The number of thioether (sulfide) groups is 1. The summed E-state index contributed by atoms with van der Waals surface area (Å²) in [6.07, 6.45) is 0.507. The molecule has 1 atom stereocenters. The summed E-state index contributed by atoms with van der Waals surface area (Å²) < 4.78 is 42.0. The number of nitro groups is 1. The minimum atomic E-state index is -4.01. The highest BCUT2D eigenvalue weighted by Crippen LogP contribution is 2.37. The van der Waals surface area contributed by atoms with Crippen LogP contribution < -0.4 is 4.72 Å². The molecule has 0 aromatic heterocycles. The molecule has 1 N–H and O–H groups in total. The molecular formula is C17H17FN2O4S2. The zero-order valence-electron chi connectivity index (χ0n) is 14.2. The van der Waals surface area contributed by atoms with Gasteiger partial charge in [0.2, 0.25) is 10.0 Å². The van der Waals surface area contributed by atoms with Gasteiger partial charge in [-0.2, -0.15) is 0 Å². The summed E-state index contributed by atoms with van der Waals surface area (Å²) in [5.41, 5.74) is 1.28. The van der Waals surface area contributed by atoms with Gasteiger partial charge in [-0.15, -0.1) is 11.8 Å². The van der Waals surface area contributed by atoms with Crippen LogP contribution in [-0.2, 0) is 10.0 Å². The predicted octanol–water partition coefficient (Wildman–Crippen LogP) is 3.87. The Hall–Kier alpha value is -1.97. The smallest absolute Gasteiger partial charge is 0.258 e. The fourth-order valence-corrected chi connectivity index (χ4v) is 5.62. The van der Waals surface area contributed by atoms with Crippen molar-refractivity contribution in [3.63, 3.8) is 0 Å². The van der Waals surface area contributed by atoms with Crippen LogP contribution in [0.3, 0.4) is 0 Å². The number of hydrogen-bond donors (Lipinski definition) is 1. The first kappa shape index (κ1) is 18.8. The second kappa shape index (κ2) is 6.98. The van der Waals surface area contributed by atoms with Crippen LogP contribution in [0, 0.1) is 29.8 Å². The Balaban J connectivity index is 2.02. The molecule has 0 unspecified atom stereocenters. The van der Waals surface area contributed by atoms with Gasteiger partial charge < -0.3 is 0 Å². The van der Waals surface area contributed by atoms with E-state index in [9.17, 15) is 22.9 Å². The Morgan fingerprint density at radius 3 is 2.69 bits per heavy atom. The van der Waals surface area contributed by atoms with Crippen molar-refractivity contribution >= 4 is 27.5 Å². The molecule has 0 radical (unpaired) electrons. The van der Waals surface area contributed by atoms with Crippen molar-refractivity contribution in [2.45, 2.75) is 36.1 Å². The molecule has 0 amide bonds. The topological polar surface area (TPSA) is 89.3 Å². The number of nitrogens with one attached hydrogen (secondary N) is 1. The largest absolute Gasteiger partial charge is 0.271 e. The molecule has 0 saturated carbocycles. The van der Waals surface area contributed by atoms with Crippen LogP contribution in [-0.4, -0.2) is 19.1 Å². The number of aryl methyl sites for hydroxylation is 1. The van der Waals surface area contributed by atoms with Crippen LogP contribution in [0.25, 0.3) is 0 Å². The average molecular weight is 396 g/mol. The van der Waals surface area contributed by atoms with Gasteiger partial charge in [0, 0.05) is 23.1 Å². The van der Waals surface area contributed by atoms with Gasteiger partial charge in [-0.05, 0) is 60.9 Å². The lowest BCUT2D eigenvalue weighted by atomic mass is 10.0. The van der Waals surface area contributed by atoms with Gasteiger partial charge in [0.15, 0.2) is 0 Å². The Labute approximate surface area is 155 Å². The van der Waals surface area contributed by atoms with Crippen molar-refractivity contribution in [2.24, 2.45) is 0 Å². The van der Waals surface area contributed by atoms with E-state index in [4.69, 9.17) is 0 Å². The third kappa shape index (κ3) is 3.60. The summed E-state index contributed by atoms with van der Waals surface area (Å²) in [6.45, 7) is 3.24. The molecule has 0 saturated heterocycles. The number of fused-ring (bicyclic) bond motifs is 1. The minimum absolute atomic E-state index is 0.125. The van der Waals surface area contributed by atoms with Gasteiger partial charge in [0.05, 0.1) is 9.82 Å². The van der Waals surface area contributed by atoms with Crippen molar-refractivity contribution in [1.29, 1.82) is 0 Å². The van der Waals surface area contributed by atoms with Crippen LogP contribution >= 0.6 is 11.8 Å². The maximum atomic E-state index is 13.6. The van der Waals surface area contributed by atoms with Crippen LogP contribution in [0.1, 0.15) is 29.2 Å². The first-order valence-electron chi connectivity index (χ1n) is 7.89. The van der Waals surface area contributed by atoms with Gasteiger partial charge in [-0.3, -0.25) is 10.1 Å². The number of nitrogens with zero attached hydrogens (tertiary/aromatic N) is 1. The summed E-state index contributed by atoms with van der Waals surface area (Å²) >= 11 is 1.54. The molecule has 26 heavy (non-hydrogen) atoms. The van der Waals surface area contributed by atoms with E-state index < -0.39 is 26.8 Å². The van der Waals surface area contributed by atoms with E-state index in [1.807, 2.05) is 0 Å². The number of benzene rings is 2. The Morgan fingerprint density at radius 2 is 2.00 bits per heavy atom. The molecule has 0 fully saturated rings. The van der Waals surface area contributed by atoms with Crippen molar-refractivity contribution in [3.8, 4) is 0 Å². The van der Waals surface area contributed by atoms with Gasteiger partial charge in [0.1, 0.15) is 5.82 Å². The first-order valence-corrected chi connectivity index (χ1v) is 10.4. The predicted molar refractivity (Wildman–Crippen MR) is 97.4 cm³/mol. The van der Waals surface area contributed by atoms with Crippen molar-refractivity contribution < 1.29 is 17.7 Å². The number of sulfonamides is 1. The molecule has 1 heterocycles. The summed E-state index contributed by atoms with van der Waals surface area (Å²) in [5, 5.41) is 11.1. The third-order valence-corrected chi connectivity index (χ3v) is 7.13. The quantitative estimate of drug-likeness (QED) is 0.626. The zero-order chi connectivity index (χ0) is 19.1. The Morgan fingerprint density at radius 1 is 1.27 bits per heavy atom. The SMILES string of the molecule is Cc1cc([N+](=O)[O-])cc(S(=O)(=O)N[C@H]2CCSc3ccc(F)cc32)c1C. The zero-order valence-corrected chi connectivity index (χ0v) is 15.8. The number of non-ortho nitro benzene ring substituents is 1. The number of hydrogen-bond acceptors (Lipinski definition) is 5. The molecule has 0 aliphatic carbocycles. The lowest BCUT2D eigenvalue weighted by molar-refractivity contribution is -0.385. The molecule has 138 valence electrons. The van der Waals surface area contributed by atoms with E-state index in [1.54, 1.807) is 31.7 Å². The maximum Gasteiger partial charge on any atom is 0.271 e. The fourth-order valence-electron chi connectivity index (χ4n) is 2.93. The molecular weight excluding hydrogens is 379 g/mol. The van der Waals surface area contributed by atoms with E-state index >= 15 is 0 Å². The molecule has 9 heteroatoms. The highest BCUT2D eigenvalue weighted by molar-refractivity contribution is 7.99. The molecule has 0 bridgehead atoms.